The molecule has 0 bridgehead atoms. The Balaban J connectivity index is 1.89. The summed E-state index contributed by atoms with van der Waals surface area (Å²) in [6.45, 7) is 7.52. The van der Waals surface area contributed by atoms with Gasteiger partial charge in [-0.2, -0.15) is 0 Å². The molecule has 152 valence electrons. The maximum Gasteiger partial charge on any atom is 0.347 e. The van der Waals surface area contributed by atoms with Gasteiger partial charge in [-0.1, -0.05) is 24.3 Å². The van der Waals surface area contributed by atoms with Gasteiger partial charge < -0.3 is 25.4 Å². The van der Waals surface area contributed by atoms with E-state index in [0.717, 1.165) is 23.1 Å². The maximum absolute atomic E-state index is 11.2. The molecule has 0 heterocycles. The van der Waals surface area contributed by atoms with Crippen molar-refractivity contribution in [3.63, 3.8) is 0 Å². The van der Waals surface area contributed by atoms with Crippen LogP contribution in [0.1, 0.15) is 43.6 Å². The molecule has 28 heavy (non-hydrogen) atoms. The normalized spacial score (nSPS) is 13.8. The zero-order chi connectivity index (χ0) is 20.9. The van der Waals surface area contributed by atoms with Gasteiger partial charge in [0, 0.05) is 6.04 Å². The Kier molecular flexibility index (Phi) is 7.05. The van der Waals surface area contributed by atoms with Crippen molar-refractivity contribution in [2.45, 2.75) is 51.9 Å². The summed E-state index contributed by atoms with van der Waals surface area (Å²) in [5.74, 6) is -0.285. The SMILES string of the molecule is Cc1cc(CCN[C@@H](C)[C@@H](O)c2ccc(O)cc2)ccc1OC(C)(C)C(=O)O. The second kappa shape index (κ2) is 9.08. The van der Waals surface area contributed by atoms with Crippen molar-refractivity contribution < 1.29 is 24.9 Å². The second-order valence-corrected chi connectivity index (χ2v) is 7.55. The highest BCUT2D eigenvalue weighted by molar-refractivity contribution is 5.76. The number of benzene rings is 2. The number of aromatic hydroxyl groups is 1. The van der Waals surface area contributed by atoms with Crippen LogP contribution in [0.3, 0.4) is 0 Å². The zero-order valence-corrected chi connectivity index (χ0v) is 16.8. The van der Waals surface area contributed by atoms with Gasteiger partial charge in [-0.15, -0.1) is 0 Å². The molecule has 2 atom stereocenters. The third-order valence-electron chi connectivity index (χ3n) is 4.71. The van der Waals surface area contributed by atoms with Gasteiger partial charge in [0.25, 0.3) is 0 Å². The summed E-state index contributed by atoms with van der Waals surface area (Å²) in [6.07, 6.45) is 0.0900. The first-order chi connectivity index (χ1) is 13.1. The number of aliphatic carboxylic acids is 1. The van der Waals surface area contributed by atoms with Gasteiger partial charge in [0.15, 0.2) is 5.60 Å². The van der Waals surface area contributed by atoms with E-state index in [4.69, 9.17) is 4.74 Å². The first kappa shape index (κ1) is 21.7. The van der Waals surface area contributed by atoms with Crippen molar-refractivity contribution in [1.29, 1.82) is 0 Å². The third kappa shape index (κ3) is 5.71. The Hall–Kier alpha value is -2.57. The fourth-order valence-electron chi connectivity index (χ4n) is 2.82. The van der Waals surface area contributed by atoms with Gasteiger partial charge in [0.1, 0.15) is 11.5 Å². The number of hydrogen-bond acceptors (Lipinski definition) is 5. The van der Waals surface area contributed by atoms with E-state index in [1.807, 2.05) is 26.0 Å². The summed E-state index contributed by atoms with van der Waals surface area (Å²) in [4.78, 5) is 11.2. The average Bonchev–Trinajstić information content (AvgIpc) is 2.63. The van der Waals surface area contributed by atoms with Crippen molar-refractivity contribution in [3.8, 4) is 11.5 Å². The Labute approximate surface area is 165 Å². The minimum atomic E-state index is -1.28. The highest BCUT2D eigenvalue weighted by atomic mass is 16.5. The van der Waals surface area contributed by atoms with E-state index >= 15 is 0 Å². The Bertz CT molecular complexity index is 801. The van der Waals surface area contributed by atoms with Crippen LogP contribution in [0.5, 0.6) is 11.5 Å². The lowest BCUT2D eigenvalue weighted by atomic mass is 10.0. The minimum Gasteiger partial charge on any atom is -0.508 e. The molecule has 0 aliphatic rings. The molecule has 4 N–H and O–H groups in total. The number of phenols is 1. The molecule has 0 aliphatic heterocycles. The molecule has 0 unspecified atom stereocenters. The molecule has 2 aromatic carbocycles. The summed E-state index contributed by atoms with van der Waals surface area (Å²) in [7, 11) is 0. The van der Waals surface area contributed by atoms with Crippen LogP contribution in [0.15, 0.2) is 42.5 Å². The lowest BCUT2D eigenvalue weighted by molar-refractivity contribution is -0.152. The maximum atomic E-state index is 11.2. The van der Waals surface area contributed by atoms with Crippen LogP contribution < -0.4 is 10.1 Å². The van der Waals surface area contributed by atoms with Crippen LogP contribution in [0.2, 0.25) is 0 Å². The van der Waals surface area contributed by atoms with E-state index in [1.165, 1.54) is 13.8 Å². The van der Waals surface area contributed by atoms with E-state index in [2.05, 4.69) is 5.32 Å². The van der Waals surface area contributed by atoms with E-state index < -0.39 is 17.7 Å². The fraction of sp³-hybridized carbons (Fsp3) is 0.409. The van der Waals surface area contributed by atoms with Crippen molar-refractivity contribution in [2.24, 2.45) is 0 Å². The number of carbonyl (C=O) groups is 1. The first-order valence-electron chi connectivity index (χ1n) is 9.32. The Morgan fingerprint density at radius 2 is 1.82 bits per heavy atom. The van der Waals surface area contributed by atoms with Crippen molar-refractivity contribution in [2.75, 3.05) is 6.54 Å². The summed E-state index contributed by atoms with van der Waals surface area (Å²) in [6, 6.07) is 12.1. The van der Waals surface area contributed by atoms with Gasteiger partial charge >= 0.3 is 5.97 Å². The van der Waals surface area contributed by atoms with Crippen LogP contribution in [-0.4, -0.2) is 39.5 Å². The Morgan fingerprint density at radius 1 is 1.18 bits per heavy atom. The Morgan fingerprint density at radius 3 is 2.39 bits per heavy atom. The van der Waals surface area contributed by atoms with Crippen LogP contribution in [-0.2, 0) is 11.2 Å². The molecular formula is C22H29NO5. The molecular weight excluding hydrogens is 358 g/mol. The topological polar surface area (TPSA) is 99.0 Å². The van der Waals surface area contributed by atoms with Crippen molar-refractivity contribution in [3.05, 3.63) is 59.2 Å². The summed E-state index contributed by atoms with van der Waals surface area (Å²) >= 11 is 0. The van der Waals surface area contributed by atoms with Crippen LogP contribution in [0, 0.1) is 6.92 Å². The highest BCUT2D eigenvalue weighted by Gasteiger charge is 2.29. The van der Waals surface area contributed by atoms with Gasteiger partial charge in [0.05, 0.1) is 6.10 Å². The van der Waals surface area contributed by atoms with Gasteiger partial charge in [-0.3, -0.25) is 0 Å². The van der Waals surface area contributed by atoms with E-state index in [-0.39, 0.29) is 11.8 Å². The quantitative estimate of drug-likeness (QED) is 0.527. The van der Waals surface area contributed by atoms with Crippen molar-refractivity contribution >= 4 is 5.97 Å². The number of aliphatic hydroxyl groups excluding tert-OH is 1. The van der Waals surface area contributed by atoms with Gasteiger partial charge in [0.2, 0.25) is 0 Å². The summed E-state index contributed by atoms with van der Waals surface area (Å²) in [5.41, 5.74) is 1.44. The molecule has 2 aromatic rings. The molecule has 6 nitrogen and oxygen atoms in total. The molecule has 0 saturated carbocycles. The average molecular weight is 387 g/mol. The molecule has 0 radical (unpaired) electrons. The molecule has 0 saturated heterocycles. The predicted octanol–water partition coefficient (Wildman–Crippen LogP) is 3.20. The number of nitrogens with one attached hydrogen (secondary N) is 1. The minimum absolute atomic E-state index is 0.149. The van der Waals surface area contributed by atoms with Crippen molar-refractivity contribution in [1.82, 2.24) is 5.32 Å². The number of carboxylic acid groups (broad SMARTS) is 1. The number of aliphatic hydroxyl groups is 1. The smallest absolute Gasteiger partial charge is 0.347 e. The summed E-state index contributed by atoms with van der Waals surface area (Å²) < 4.78 is 5.61. The van der Waals surface area contributed by atoms with Gasteiger partial charge in [-0.05, 0) is 75.5 Å². The largest absolute Gasteiger partial charge is 0.508 e. The molecule has 0 aromatic heterocycles. The molecule has 6 heteroatoms. The molecule has 0 spiro atoms. The number of hydrogen-bond donors (Lipinski definition) is 4. The number of aryl methyl sites for hydroxylation is 1. The second-order valence-electron chi connectivity index (χ2n) is 7.55. The number of rotatable bonds is 9. The predicted molar refractivity (Wildman–Crippen MR) is 108 cm³/mol. The third-order valence-corrected chi connectivity index (χ3v) is 4.71. The van der Waals surface area contributed by atoms with Crippen LogP contribution in [0.4, 0.5) is 0 Å². The number of carboxylic acids is 1. The molecule has 2 rings (SSSR count). The van der Waals surface area contributed by atoms with Crippen LogP contribution in [0.25, 0.3) is 0 Å². The van der Waals surface area contributed by atoms with E-state index in [1.54, 1.807) is 30.3 Å². The number of phenolic OH excluding ortho intramolecular Hbond substituents is 1. The molecule has 0 amide bonds. The van der Waals surface area contributed by atoms with Crippen LogP contribution >= 0.6 is 0 Å². The van der Waals surface area contributed by atoms with E-state index in [0.29, 0.717) is 12.3 Å². The standard InChI is InChI=1S/C22H29NO5/c1-14-13-16(5-10-19(14)28-22(3,4)21(26)27)11-12-23-15(2)20(25)17-6-8-18(24)9-7-17/h5-10,13,15,20,23-25H,11-12H2,1-4H3,(H,26,27)/t15-,20+/m0/s1. The first-order valence-corrected chi connectivity index (χ1v) is 9.32. The lowest BCUT2D eigenvalue weighted by Crippen LogP contribution is -2.38. The zero-order valence-electron chi connectivity index (χ0n) is 16.8. The molecule has 0 aliphatic carbocycles. The molecule has 0 fully saturated rings. The lowest BCUT2D eigenvalue weighted by Gasteiger charge is -2.23. The summed E-state index contributed by atoms with van der Waals surface area (Å²) in [5, 5.41) is 32.2. The van der Waals surface area contributed by atoms with Gasteiger partial charge in [-0.25, -0.2) is 4.79 Å². The van der Waals surface area contributed by atoms with E-state index in [9.17, 15) is 20.1 Å². The highest BCUT2D eigenvalue weighted by Crippen LogP contribution is 2.24. The fourth-order valence-corrected chi connectivity index (χ4v) is 2.82. The number of ether oxygens (including phenoxy) is 1. The monoisotopic (exact) mass is 387 g/mol.